The Morgan fingerprint density at radius 2 is 2.29 bits per heavy atom. The Morgan fingerprint density at radius 1 is 1.47 bits per heavy atom. The number of benzene rings is 1. The smallest absolute Gasteiger partial charge is 0.0456 e. The second kappa shape index (κ2) is 6.43. The summed E-state index contributed by atoms with van der Waals surface area (Å²) in [5.74, 6) is 1.58. The number of hydrogen-bond acceptors (Lipinski definition) is 3. The average Bonchev–Trinajstić information content (AvgIpc) is 2.78. The molecule has 0 radical (unpaired) electrons. The molecule has 2 unspecified atom stereocenters. The van der Waals surface area contributed by atoms with E-state index in [0.717, 1.165) is 25.1 Å². The number of fused-ring (bicyclic) bond motifs is 1. The van der Waals surface area contributed by atoms with Gasteiger partial charge in [-0.15, -0.1) is 11.8 Å². The van der Waals surface area contributed by atoms with Crippen LogP contribution in [0.4, 0.5) is 0 Å². The second-order valence-electron chi connectivity index (χ2n) is 4.79. The third-order valence-electron chi connectivity index (χ3n) is 3.28. The zero-order chi connectivity index (χ0) is 12.1. The van der Waals surface area contributed by atoms with Gasteiger partial charge in [0.1, 0.15) is 0 Å². The monoisotopic (exact) mass is 251 g/mol. The SMILES string of the molecule is CC(CO)CCCNC1CSc2ccccc21. The van der Waals surface area contributed by atoms with Crippen LogP contribution in [0.3, 0.4) is 0 Å². The summed E-state index contributed by atoms with van der Waals surface area (Å²) >= 11 is 1.94. The lowest BCUT2D eigenvalue weighted by Gasteiger charge is -2.14. The van der Waals surface area contributed by atoms with Crippen molar-refractivity contribution in [1.29, 1.82) is 0 Å². The van der Waals surface area contributed by atoms with Gasteiger partial charge in [-0.25, -0.2) is 0 Å². The van der Waals surface area contributed by atoms with Gasteiger partial charge in [0, 0.05) is 23.3 Å². The molecule has 0 amide bonds. The van der Waals surface area contributed by atoms with E-state index < -0.39 is 0 Å². The van der Waals surface area contributed by atoms with E-state index in [2.05, 4.69) is 36.5 Å². The summed E-state index contributed by atoms with van der Waals surface area (Å²) in [6.45, 7) is 3.45. The first-order chi connectivity index (χ1) is 8.31. The first-order valence-electron chi connectivity index (χ1n) is 6.37. The van der Waals surface area contributed by atoms with Crippen LogP contribution in [0.1, 0.15) is 31.4 Å². The maximum absolute atomic E-state index is 8.95. The van der Waals surface area contributed by atoms with E-state index in [1.807, 2.05) is 11.8 Å². The molecule has 1 aromatic rings. The molecule has 1 aliphatic heterocycles. The van der Waals surface area contributed by atoms with Gasteiger partial charge in [0.25, 0.3) is 0 Å². The summed E-state index contributed by atoms with van der Waals surface area (Å²) in [4.78, 5) is 1.42. The number of aliphatic hydroxyl groups is 1. The van der Waals surface area contributed by atoms with E-state index in [9.17, 15) is 0 Å². The highest BCUT2D eigenvalue weighted by atomic mass is 32.2. The van der Waals surface area contributed by atoms with Gasteiger partial charge in [0.05, 0.1) is 0 Å². The van der Waals surface area contributed by atoms with Crippen LogP contribution >= 0.6 is 11.8 Å². The quantitative estimate of drug-likeness (QED) is 0.763. The minimum Gasteiger partial charge on any atom is -0.396 e. The molecule has 3 heteroatoms. The Labute approximate surface area is 108 Å². The Bertz CT molecular complexity index is 356. The largest absolute Gasteiger partial charge is 0.396 e. The highest BCUT2D eigenvalue weighted by Gasteiger charge is 2.21. The maximum atomic E-state index is 8.95. The average molecular weight is 251 g/mol. The lowest BCUT2D eigenvalue weighted by atomic mass is 10.1. The summed E-state index contributed by atoms with van der Waals surface area (Å²) in [5.41, 5.74) is 1.45. The van der Waals surface area contributed by atoms with Crippen LogP contribution in [-0.4, -0.2) is 24.0 Å². The Kier molecular flexibility index (Phi) is 4.89. The molecule has 1 aromatic carbocycles. The molecule has 2 nitrogen and oxygen atoms in total. The van der Waals surface area contributed by atoms with Crippen LogP contribution in [0.25, 0.3) is 0 Å². The molecule has 0 saturated carbocycles. The highest BCUT2D eigenvalue weighted by molar-refractivity contribution is 7.99. The first-order valence-corrected chi connectivity index (χ1v) is 7.35. The third kappa shape index (κ3) is 3.47. The van der Waals surface area contributed by atoms with Crippen molar-refractivity contribution in [3.05, 3.63) is 29.8 Å². The zero-order valence-corrected chi connectivity index (χ0v) is 11.2. The predicted molar refractivity (Wildman–Crippen MR) is 73.4 cm³/mol. The molecule has 17 heavy (non-hydrogen) atoms. The van der Waals surface area contributed by atoms with Crippen molar-refractivity contribution in [3.8, 4) is 0 Å². The van der Waals surface area contributed by atoms with Crippen molar-refractivity contribution in [3.63, 3.8) is 0 Å². The summed E-state index contributed by atoms with van der Waals surface area (Å²) < 4.78 is 0. The van der Waals surface area contributed by atoms with Gasteiger partial charge in [-0.2, -0.15) is 0 Å². The molecule has 0 aromatic heterocycles. The number of hydrogen-bond donors (Lipinski definition) is 2. The molecule has 0 bridgehead atoms. The fourth-order valence-corrected chi connectivity index (χ4v) is 3.35. The maximum Gasteiger partial charge on any atom is 0.0456 e. The fourth-order valence-electron chi connectivity index (χ4n) is 2.15. The molecule has 2 rings (SSSR count). The molecule has 0 aliphatic carbocycles. The predicted octanol–water partition coefficient (Wildman–Crippen LogP) is 2.83. The van der Waals surface area contributed by atoms with Crippen molar-refractivity contribution in [2.75, 3.05) is 18.9 Å². The summed E-state index contributed by atoms with van der Waals surface area (Å²) in [6.07, 6.45) is 2.25. The molecule has 1 heterocycles. The molecule has 2 atom stereocenters. The van der Waals surface area contributed by atoms with Gasteiger partial charge in [0.2, 0.25) is 0 Å². The minimum atomic E-state index is 0.308. The van der Waals surface area contributed by atoms with Crippen LogP contribution in [0.2, 0.25) is 0 Å². The van der Waals surface area contributed by atoms with Crippen molar-refractivity contribution < 1.29 is 5.11 Å². The molecular weight excluding hydrogens is 230 g/mol. The highest BCUT2D eigenvalue weighted by Crippen LogP contribution is 2.37. The van der Waals surface area contributed by atoms with Gasteiger partial charge in [0.15, 0.2) is 0 Å². The number of thioether (sulfide) groups is 1. The van der Waals surface area contributed by atoms with Gasteiger partial charge in [-0.1, -0.05) is 25.1 Å². The first kappa shape index (κ1) is 12.9. The van der Waals surface area contributed by atoms with Crippen molar-refractivity contribution in [2.45, 2.75) is 30.7 Å². The van der Waals surface area contributed by atoms with Crippen LogP contribution in [0.5, 0.6) is 0 Å². The van der Waals surface area contributed by atoms with E-state index in [0.29, 0.717) is 18.6 Å². The lowest BCUT2D eigenvalue weighted by molar-refractivity contribution is 0.227. The third-order valence-corrected chi connectivity index (χ3v) is 4.46. The van der Waals surface area contributed by atoms with E-state index >= 15 is 0 Å². The van der Waals surface area contributed by atoms with Crippen molar-refractivity contribution >= 4 is 11.8 Å². The van der Waals surface area contributed by atoms with Gasteiger partial charge in [-0.3, -0.25) is 0 Å². The Balaban J connectivity index is 1.75. The molecule has 0 fully saturated rings. The normalized spacial score (nSPS) is 20.2. The topological polar surface area (TPSA) is 32.3 Å². The molecule has 0 spiro atoms. The summed E-state index contributed by atoms with van der Waals surface area (Å²) in [7, 11) is 0. The van der Waals surface area contributed by atoms with E-state index in [1.165, 1.54) is 10.5 Å². The van der Waals surface area contributed by atoms with Crippen LogP contribution in [0.15, 0.2) is 29.2 Å². The van der Waals surface area contributed by atoms with Crippen LogP contribution in [-0.2, 0) is 0 Å². The standard InChI is InChI=1S/C14H21NOS/c1-11(9-16)5-4-8-15-13-10-17-14-7-3-2-6-12(13)14/h2-3,6-7,11,13,15-16H,4-5,8-10H2,1H3. The number of rotatable bonds is 6. The van der Waals surface area contributed by atoms with Gasteiger partial charge < -0.3 is 10.4 Å². The zero-order valence-electron chi connectivity index (χ0n) is 10.4. The lowest BCUT2D eigenvalue weighted by Crippen LogP contribution is -2.22. The van der Waals surface area contributed by atoms with E-state index in [-0.39, 0.29) is 0 Å². The van der Waals surface area contributed by atoms with Crippen molar-refractivity contribution in [1.82, 2.24) is 5.32 Å². The molecular formula is C14H21NOS. The molecule has 0 saturated heterocycles. The molecule has 94 valence electrons. The summed E-state index contributed by atoms with van der Waals surface area (Å²) in [6, 6.07) is 9.17. The number of nitrogens with one attached hydrogen (secondary N) is 1. The molecule has 1 aliphatic rings. The Hall–Kier alpha value is -0.510. The second-order valence-corrected chi connectivity index (χ2v) is 5.85. The van der Waals surface area contributed by atoms with Gasteiger partial charge >= 0.3 is 0 Å². The fraction of sp³-hybridized carbons (Fsp3) is 0.571. The van der Waals surface area contributed by atoms with Crippen molar-refractivity contribution in [2.24, 2.45) is 5.92 Å². The minimum absolute atomic E-state index is 0.308. The number of aliphatic hydroxyl groups excluding tert-OH is 1. The van der Waals surface area contributed by atoms with Gasteiger partial charge in [-0.05, 0) is 36.9 Å². The van der Waals surface area contributed by atoms with Crippen LogP contribution in [0, 0.1) is 5.92 Å². The Morgan fingerprint density at radius 3 is 3.12 bits per heavy atom. The van der Waals surface area contributed by atoms with Crippen LogP contribution < -0.4 is 5.32 Å². The van der Waals surface area contributed by atoms with E-state index in [4.69, 9.17) is 5.11 Å². The summed E-state index contributed by atoms with van der Waals surface area (Å²) in [5, 5.41) is 12.6. The molecule has 2 N–H and O–H groups in total. The van der Waals surface area contributed by atoms with E-state index in [1.54, 1.807) is 0 Å².